The van der Waals surface area contributed by atoms with Crippen LogP contribution in [0.4, 0.5) is 5.82 Å². The van der Waals surface area contributed by atoms with E-state index in [1.54, 1.807) is 0 Å². The van der Waals surface area contributed by atoms with Gasteiger partial charge < -0.3 is 10.1 Å². The fourth-order valence-electron chi connectivity index (χ4n) is 2.76. The van der Waals surface area contributed by atoms with Crippen molar-refractivity contribution in [3.63, 3.8) is 0 Å². The number of rotatable bonds is 4. The molecule has 1 aromatic heterocycles. The van der Waals surface area contributed by atoms with Crippen molar-refractivity contribution >= 4 is 22.4 Å². The van der Waals surface area contributed by atoms with Crippen LogP contribution in [-0.2, 0) is 6.42 Å². The maximum atomic E-state index is 8.76. The number of nitriles is 1. The monoisotopic (exact) mass is 340 g/mol. The van der Waals surface area contributed by atoms with Crippen LogP contribution < -0.4 is 10.1 Å². The molecular weight excluding hydrogens is 324 g/mol. The van der Waals surface area contributed by atoms with E-state index in [1.807, 2.05) is 67.6 Å². The van der Waals surface area contributed by atoms with Crippen LogP contribution in [-0.4, -0.2) is 10.8 Å². The van der Waals surface area contributed by atoms with E-state index in [-0.39, 0.29) is 0 Å². The lowest BCUT2D eigenvalue weighted by Gasteiger charge is -2.16. The van der Waals surface area contributed by atoms with Gasteiger partial charge in [0, 0.05) is 17.1 Å². The zero-order valence-electron chi connectivity index (χ0n) is 14.2. The molecule has 1 aliphatic rings. The van der Waals surface area contributed by atoms with Gasteiger partial charge in [-0.1, -0.05) is 36.4 Å². The highest BCUT2D eigenvalue weighted by molar-refractivity contribution is 6.04. The molecule has 0 radical (unpaired) electrons. The molecule has 1 aliphatic heterocycles. The van der Waals surface area contributed by atoms with E-state index in [2.05, 4.69) is 21.4 Å². The van der Waals surface area contributed by atoms with Gasteiger partial charge in [-0.15, -0.1) is 0 Å². The molecule has 2 heterocycles. The first-order chi connectivity index (χ1) is 12.7. The molecule has 0 spiro atoms. The topological polar surface area (TPSA) is 70.3 Å². The molecule has 5 nitrogen and oxygen atoms in total. The smallest absolute Gasteiger partial charge is 0.221 e. The Bertz CT molecular complexity index is 1080. The van der Waals surface area contributed by atoms with Crippen molar-refractivity contribution in [2.24, 2.45) is 4.99 Å². The van der Waals surface area contributed by atoms with Gasteiger partial charge in [-0.05, 0) is 36.1 Å². The number of nitrogens with zero attached hydrogens (tertiary/aromatic N) is 3. The van der Waals surface area contributed by atoms with Gasteiger partial charge in [0.15, 0.2) is 5.82 Å². The van der Waals surface area contributed by atoms with Crippen LogP contribution in [0.2, 0.25) is 0 Å². The van der Waals surface area contributed by atoms with Crippen molar-refractivity contribution < 1.29 is 4.74 Å². The third-order valence-corrected chi connectivity index (χ3v) is 4.03. The highest BCUT2D eigenvalue weighted by atomic mass is 16.5. The molecule has 0 unspecified atom stereocenters. The van der Waals surface area contributed by atoms with Crippen molar-refractivity contribution in [1.29, 1.82) is 5.26 Å². The van der Waals surface area contributed by atoms with Crippen LogP contribution in [0.1, 0.15) is 12.5 Å². The minimum atomic E-state index is 0.385. The lowest BCUT2D eigenvalue weighted by atomic mass is 10.1. The van der Waals surface area contributed by atoms with E-state index < -0.39 is 0 Å². The summed E-state index contributed by atoms with van der Waals surface area (Å²) in [7, 11) is 0. The van der Waals surface area contributed by atoms with Crippen LogP contribution in [0.3, 0.4) is 0 Å². The number of pyridine rings is 1. The molecule has 3 aromatic rings. The SMILES string of the molecule is CC1=CC(=Nc2nc(Oc3ccc(CC#N)cc3)cc3ccccc23)N1. The Morgan fingerprint density at radius 1 is 1.15 bits per heavy atom. The Labute approximate surface area is 151 Å². The number of fused-ring (bicyclic) bond motifs is 1. The standard InChI is InChI=1S/C21H16N4O/c1-14-12-19(23-14)24-21-18-5-3-2-4-16(18)13-20(25-21)26-17-8-6-15(7-9-17)10-11-22/h2-9,12-13H,10H2,1H3,(H,23,24,25). The normalized spacial score (nSPS) is 14.3. The number of nitrogens with one attached hydrogen (secondary N) is 1. The minimum absolute atomic E-state index is 0.385. The largest absolute Gasteiger partial charge is 0.439 e. The number of aliphatic imine (C=N–C) groups is 1. The van der Waals surface area contributed by atoms with Crippen LogP contribution >= 0.6 is 0 Å². The van der Waals surface area contributed by atoms with Crippen LogP contribution in [0.5, 0.6) is 11.6 Å². The summed E-state index contributed by atoms with van der Waals surface area (Å²) >= 11 is 0. The molecule has 26 heavy (non-hydrogen) atoms. The highest BCUT2D eigenvalue weighted by Crippen LogP contribution is 2.30. The second kappa shape index (κ2) is 6.69. The summed E-state index contributed by atoms with van der Waals surface area (Å²) in [5.74, 6) is 2.56. The number of hydrogen-bond acceptors (Lipinski definition) is 4. The van der Waals surface area contributed by atoms with Crippen LogP contribution in [0.25, 0.3) is 10.8 Å². The number of ether oxygens (including phenoxy) is 1. The average molecular weight is 340 g/mol. The first-order valence-corrected chi connectivity index (χ1v) is 8.29. The minimum Gasteiger partial charge on any atom is -0.439 e. The number of amidine groups is 1. The third-order valence-electron chi connectivity index (χ3n) is 4.03. The Kier molecular flexibility index (Phi) is 4.08. The molecule has 0 aliphatic carbocycles. The van der Waals surface area contributed by atoms with E-state index >= 15 is 0 Å². The second-order valence-electron chi connectivity index (χ2n) is 6.04. The molecular formula is C21H16N4O. The number of aromatic nitrogens is 1. The maximum Gasteiger partial charge on any atom is 0.221 e. The van der Waals surface area contributed by atoms with Crippen LogP contribution in [0, 0.1) is 11.3 Å². The Morgan fingerprint density at radius 3 is 2.65 bits per heavy atom. The molecule has 0 atom stereocenters. The summed E-state index contributed by atoms with van der Waals surface area (Å²) in [6.07, 6.45) is 2.36. The molecule has 5 heteroatoms. The molecule has 0 bridgehead atoms. The number of allylic oxidation sites excluding steroid dienone is 1. The van der Waals surface area contributed by atoms with Gasteiger partial charge in [0.05, 0.1) is 12.5 Å². The predicted octanol–water partition coefficient (Wildman–Crippen LogP) is 4.63. The van der Waals surface area contributed by atoms with Gasteiger partial charge in [0.1, 0.15) is 11.6 Å². The fraction of sp³-hybridized carbons (Fsp3) is 0.0952. The Hall–Kier alpha value is -3.65. The zero-order valence-corrected chi connectivity index (χ0v) is 14.2. The van der Waals surface area contributed by atoms with Gasteiger partial charge in [0.25, 0.3) is 0 Å². The van der Waals surface area contributed by atoms with Gasteiger partial charge in [0.2, 0.25) is 5.88 Å². The number of benzene rings is 2. The zero-order chi connectivity index (χ0) is 17.9. The Morgan fingerprint density at radius 2 is 1.92 bits per heavy atom. The van der Waals surface area contributed by atoms with Gasteiger partial charge >= 0.3 is 0 Å². The van der Waals surface area contributed by atoms with Gasteiger partial charge in [-0.25, -0.2) is 4.99 Å². The quantitative estimate of drug-likeness (QED) is 0.752. The average Bonchev–Trinajstić information content (AvgIpc) is 2.62. The van der Waals surface area contributed by atoms with Crippen molar-refractivity contribution in [2.45, 2.75) is 13.3 Å². The fourth-order valence-corrected chi connectivity index (χ4v) is 2.76. The molecule has 1 N–H and O–H groups in total. The van der Waals surface area contributed by atoms with E-state index in [9.17, 15) is 0 Å². The predicted molar refractivity (Wildman–Crippen MR) is 102 cm³/mol. The van der Waals surface area contributed by atoms with Crippen molar-refractivity contribution in [3.05, 3.63) is 71.9 Å². The lowest BCUT2D eigenvalue weighted by Crippen LogP contribution is -2.29. The second-order valence-corrected chi connectivity index (χ2v) is 6.04. The summed E-state index contributed by atoms with van der Waals surface area (Å²) < 4.78 is 5.92. The van der Waals surface area contributed by atoms with E-state index in [4.69, 9.17) is 10.00 Å². The third kappa shape index (κ3) is 3.26. The van der Waals surface area contributed by atoms with E-state index in [0.29, 0.717) is 23.9 Å². The molecule has 0 fully saturated rings. The first-order valence-electron chi connectivity index (χ1n) is 8.29. The highest BCUT2D eigenvalue weighted by Gasteiger charge is 2.11. The van der Waals surface area contributed by atoms with Crippen molar-refractivity contribution in [1.82, 2.24) is 10.3 Å². The summed E-state index contributed by atoms with van der Waals surface area (Å²) in [4.78, 5) is 9.16. The molecule has 126 valence electrons. The molecule has 4 rings (SSSR count). The van der Waals surface area contributed by atoms with E-state index in [1.165, 1.54) is 0 Å². The van der Waals surface area contributed by atoms with Crippen molar-refractivity contribution in [3.8, 4) is 17.7 Å². The summed E-state index contributed by atoms with van der Waals surface area (Å²) in [6.45, 7) is 1.99. The first kappa shape index (κ1) is 15.9. The van der Waals surface area contributed by atoms with Gasteiger partial charge in [-0.2, -0.15) is 10.2 Å². The summed E-state index contributed by atoms with van der Waals surface area (Å²) in [5, 5.41) is 13.9. The summed E-state index contributed by atoms with van der Waals surface area (Å²) in [5.41, 5.74) is 2.04. The number of hydrogen-bond donors (Lipinski definition) is 1. The molecule has 0 saturated carbocycles. The molecule has 2 aromatic carbocycles. The van der Waals surface area contributed by atoms with Crippen LogP contribution in [0.15, 0.2) is 71.4 Å². The van der Waals surface area contributed by atoms with E-state index in [0.717, 1.165) is 27.9 Å². The lowest BCUT2D eigenvalue weighted by molar-refractivity contribution is 0.464. The molecule has 0 saturated heterocycles. The molecule has 0 amide bonds. The van der Waals surface area contributed by atoms with Crippen molar-refractivity contribution in [2.75, 3.05) is 0 Å². The van der Waals surface area contributed by atoms with Gasteiger partial charge in [-0.3, -0.25) is 0 Å². The maximum absolute atomic E-state index is 8.76. The Balaban J connectivity index is 1.69. The summed E-state index contributed by atoms with van der Waals surface area (Å²) in [6, 6.07) is 19.4.